The summed E-state index contributed by atoms with van der Waals surface area (Å²) in [5, 5.41) is 2.62. The summed E-state index contributed by atoms with van der Waals surface area (Å²) in [6.45, 7) is 1.70. The van der Waals surface area contributed by atoms with Crippen LogP contribution in [0.1, 0.15) is 35.9 Å². The molecule has 6 nitrogen and oxygen atoms in total. The molecular formula is C24H23NO5. The molecule has 0 fully saturated rings. The number of carbonyl (C=O) groups excluding carboxylic acids is 3. The van der Waals surface area contributed by atoms with E-state index in [0.717, 1.165) is 11.1 Å². The van der Waals surface area contributed by atoms with Crippen LogP contribution in [-0.4, -0.2) is 23.8 Å². The van der Waals surface area contributed by atoms with Crippen molar-refractivity contribution in [1.29, 1.82) is 0 Å². The standard InChI is InChI=1S/C24H23NO5/c1-17(24(28)25-16-21-8-5-15-29-21)30-23(27)14-13-22(26)20-11-9-19(10-12-20)18-6-3-2-4-7-18/h2-12,15,17H,13-14,16H2,1H3,(H,25,28)/t17-/m0/s1. The average Bonchev–Trinajstić information content (AvgIpc) is 3.30. The molecule has 1 aromatic heterocycles. The number of hydrogen-bond donors (Lipinski definition) is 1. The molecule has 0 aliphatic heterocycles. The van der Waals surface area contributed by atoms with Crippen molar-refractivity contribution in [2.45, 2.75) is 32.4 Å². The molecule has 0 spiro atoms. The first-order valence-corrected chi connectivity index (χ1v) is 9.71. The van der Waals surface area contributed by atoms with Gasteiger partial charge in [-0.15, -0.1) is 0 Å². The van der Waals surface area contributed by atoms with E-state index >= 15 is 0 Å². The lowest BCUT2D eigenvalue weighted by Crippen LogP contribution is -2.35. The number of carbonyl (C=O) groups is 3. The third-order valence-corrected chi connectivity index (χ3v) is 4.56. The van der Waals surface area contributed by atoms with Crippen LogP contribution in [-0.2, 0) is 20.9 Å². The molecule has 0 bridgehead atoms. The van der Waals surface area contributed by atoms with E-state index in [1.807, 2.05) is 42.5 Å². The van der Waals surface area contributed by atoms with Crippen LogP contribution in [0.5, 0.6) is 0 Å². The minimum Gasteiger partial charge on any atom is -0.467 e. The number of ketones is 1. The third kappa shape index (κ3) is 5.91. The lowest BCUT2D eigenvalue weighted by Gasteiger charge is -2.13. The molecule has 0 aliphatic carbocycles. The van der Waals surface area contributed by atoms with Gasteiger partial charge in [0.05, 0.1) is 19.2 Å². The Hall–Kier alpha value is -3.67. The highest BCUT2D eigenvalue weighted by Gasteiger charge is 2.19. The van der Waals surface area contributed by atoms with Crippen molar-refractivity contribution < 1.29 is 23.5 Å². The number of furan rings is 1. The maximum atomic E-state index is 12.4. The van der Waals surface area contributed by atoms with Crippen LogP contribution in [0.3, 0.4) is 0 Å². The average molecular weight is 405 g/mol. The first kappa shape index (κ1) is 21.0. The van der Waals surface area contributed by atoms with E-state index in [9.17, 15) is 14.4 Å². The van der Waals surface area contributed by atoms with Gasteiger partial charge < -0.3 is 14.5 Å². The lowest BCUT2D eigenvalue weighted by molar-refractivity contribution is -0.154. The number of esters is 1. The highest BCUT2D eigenvalue weighted by molar-refractivity contribution is 5.98. The van der Waals surface area contributed by atoms with Crippen molar-refractivity contribution in [2.75, 3.05) is 0 Å². The maximum absolute atomic E-state index is 12.4. The molecule has 0 radical (unpaired) electrons. The third-order valence-electron chi connectivity index (χ3n) is 4.56. The zero-order chi connectivity index (χ0) is 21.3. The van der Waals surface area contributed by atoms with Gasteiger partial charge in [-0.3, -0.25) is 14.4 Å². The van der Waals surface area contributed by atoms with Gasteiger partial charge in [-0.25, -0.2) is 0 Å². The van der Waals surface area contributed by atoms with Gasteiger partial charge in [0.25, 0.3) is 5.91 Å². The predicted molar refractivity (Wildman–Crippen MR) is 112 cm³/mol. The quantitative estimate of drug-likeness (QED) is 0.427. The predicted octanol–water partition coefficient (Wildman–Crippen LogP) is 4.16. The van der Waals surface area contributed by atoms with E-state index in [2.05, 4.69) is 5.32 Å². The topological polar surface area (TPSA) is 85.6 Å². The van der Waals surface area contributed by atoms with Crippen molar-refractivity contribution in [2.24, 2.45) is 0 Å². The molecule has 1 N–H and O–H groups in total. The number of benzene rings is 2. The molecule has 154 valence electrons. The fourth-order valence-electron chi connectivity index (χ4n) is 2.88. The molecule has 3 aromatic rings. The summed E-state index contributed by atoms with van der Waals surface area (Å²) in [5.41, 5.74) is 2.62. The van der Waals surface area contributed by atoms with E-state index in [1.165, 1.54) is 13.2 Å². The fraction of sp³-hybridized carbons (Fsp3) is 0.208. The molecule has 1 atom stereocenters. The normalized spacial score (nSPS) is 11.5. The van der Waals surface area contributed by atoms with Crippen LogP contribution < -0.4 is 5.32 Å². The Balaban J connectivity index is 1.43. The first-order chi connectivity index (χ1) is 14.5. The van der Waals surface area contributed by atoms with E-state index < -0.39 is 18.0 Å². The second-order valence-corrected chi connectivity index (χ2v) is 6.80. The van der Waals surface area contributed by atoms with Crippen LogP contribution in [0.15, 0.2) is 77.4 Å². The summed E-state index contributed by atoms with van der Waals surface area (Å²) in [7, 11) is 0. The molecule has 6 heteroatoms. The van der Waals surface area contributed by atoms with Gasteiger partial charge in [-0.05, 0) is 30.2 Å². The number of rotatable bonds is 9. The van der Waals surface area contributed by atoms with Crippen LogP contribution in [0.2, 0.25) is 0 Å². The van der Waals surface area contributed by atoms with Crippen molar-refractivity contribution >= 4 is 17.7 Å². The van der Waals surface area contributed by atoms with Crippen molar-refractivity contribution in [3.8, 4) is 11.1 Å². The molecule has 1 heterocycles. The molecule has 0 aliphatic rings. The second-order valence-electron chi connectivity index (χ2n) is 6.80. The minimum absolute atomic E-state index is 0.0181. The Morgan fingerprint density at radius 2 is 1.60 bits per heavy atom. The Kier molecular flexibility index (Phi) is 7.16. The molecular weight excluding hydrogens is 382 g/mol. The first-order valence-electron chi connectivity index (χ1n) is 9.71. The van der Waals surface area contributed by atoms with Gasteiger partial charge >= 0.3 is 5.97 Å². The number of Topliss-reactive ketones (excluding diaryl/α,β-unsaturated/α-hetero) is 1. The van der Waals surface area contributed by atoms with Gasteiger partial charge in [0.2, 0.25) is 0 Å². The van der Waals surface area contributed by atoms with Crippen LogP contribution in [0, 0.1) is 0 Å². The van der Waals surface area contributed by atoms with E-state index in [-0.39, 0.29) is 25.2 Å². The van der Waals surface area contributed by atoms with Crippen molar-refractivity contribution in [1.82, 2.24) is 5.32 Å². The van der Waals surface area contributed by atoms with E-state index in [1.54, 1.807) is 24.3 Å². The number of nitrogens with one attached hydrogen (secondary N) is 1. The summed E-state index contributed by atoms with van der Waals surface area (Å²) in [5.74, 6) is -0.570. The molecule has 3 rings (SSSR count). The zero-order valence-electron chi connectivity index (χ0n) is 16.7. The van der Waals surface area contributed by atoms with Crippen LogP contribution in [0.25, 0.3) is 11.1 Å². The molecule has 1 amide bonds. The Labute approximate surface area is 174 Å². The summed E-state index contributed by atoms with van der Waals surface area (Å²) in [6.07, 6.45) is 0.490. The fourth-order valence-corrected chi connectivity index (χ4v) is 2.88. The summed E-state index contributed by atoms with van der Waals surface area (Å²) < 4.78 is 10.2. The molecule has 0 saturated carbocycles. The molecule has 2 aromatic carbocycles. The minimum atomic E-state index is -0.951. The Morgan fingerprint density at radius 3 is 2.27 bits per heavy atom. The van der Waals surface area contributed by atoms with Crippen molar-refractivity contribution in [3.05, 3.63) is 84.3 Å². The maximum Gasteiger partial charge on any atom is 0.307 e. The summed E-state index contributed by atoms with van der Waals surface area (Å²) in [4.78, 5) is 36.3. The van der Waals surface area contributed by atoms with Gasteiger partial charge in [0, 0.05) is 12.0 Å². The number of hydrogen-bond acceptors (Lipinski definition) is 5. The van der Waals surface area contributed by atoms with E-state index in [0.29, 0.717) is 11.3 Å². The highest BCUT2D eigenvalue weighted by Crippen LogP contribution is 2.20. The Bertz CT molecular complexity index is 978. The van der Waals surface area contributed by atoms with Gasteiger partial charge in [-0.2, -0.15) is 0 Å². The molecule has 0 saturated heterocycles. The molecule has 0 unspecified atom stereocenters. The molecule has 30 heavy (non-hydrogen) atoms. The van der Waals surface area contributed by atoms with Crippen LogP contribution in [0.4, 0.5) is 0 Å². The summed E-state index contributed by atoms with van der Waals surface area (Å²) in [6, 6.07) is 20.6. The number of amides is 1. The summed E-state index contributed by atoms with van der Waals surface area (Å²) >= 11 is 0. The van der Waals surface area contributed by atoms with Crippen molar-refractivity contribution in [3.63, 3.8) is 0 Å². The van der Waals surface area contributed by atoms with Crippen LogP contribution >= 0.6 is 0 Å². The smallest absolute Gasteiger partial charge is 0.307 e. The number of ether oxygens (including phenoxy) is 1. The SMILES string of the molecule is C[C@H](OC(=O)CCC(=O)c1ccc(-c2ccccc2)cc1)C(=O)NCc1ccco1. The second kappa shape index (κ2) is 10.2. The zero-order valence-corrected chi connectivity index (χ0v) is 16.7. The van der Waals surface area contributed by atoms with Gasteiger partial charge in [0.15, 0.2) is 11.9 Å². The monoisotopic (exact) mass is 405 g/mol. The van der Waals surface area contributed by atoms with E-state index in [4.69, 9.17) is 9.15 Å². The largest absolute Gasteiger partial charge is 0.467 e. The lowest BCUT2D eigenvalue weighted by atomic mass is 10.0. The highest BCUT2D eigenvalue weighted by atomic mass is 16.5. The van der Waals surface area contributed by atoms with Gasteiger partial charge in [0.1, 0.15) is 5.76 Å². The Morgan fingerprint density at radius 1 is 0.900 bits per heavy atom. The van der Waals surface area contributed by atoms with Gasteiger partial charge in [-0.1, -0.05) is 54.6 Å².